The van der Waals surface area contributed by atoms with E-state index in [2.05, 4.69) is 11.9 Å². The summed E-state index contributed by atoms with van der Waals surface area (Å²) in [6.45, 7) is 12.2. The minimum absolute atomic E-state index is 0.138. The Morgan fingerprint density at radius 1 is 1.00 bits per heavy atom. The molecule has 0 aromatic heterocycles. The molecule has 2 aromatic carbocycles. The van der Waals surface area contributed by atoms with Crippen LogP contribution in [0.25, 0.3) is 0 Å². The van der Waals surface area contributed by atoms with Crippen LogP contribution in [0.2, 0.25) is 0 Å². The zero-order valence-corrected chi connectivity index (χ0v) is 22.1. The van der Waals surface area contributed by atoms with Crippen LogP contribution in [-0.2, 0) is 27.9 Å². The lowest BCUT2D eigenvalue weighted by molar-refractivity contribution is -0.120. The van der Waals surface area contributed by atoms with E-state index in [1.165, 1.54) is 27.4 Å². The van der Waals surface area contributed by atoms with Crippen LogP contribution in [0, 0.1) is 10.8 Å². The molecule has 3 rings (SSSR count). The minimum atomic E-state index is -3.80. The predicted molar refractivity (Wildman–Crippen MR) is 139 cm³/mol. The highest BCUT2D eigenvalue weighted by Gasteiger charge is 2.50. The van der Waals surface area contributed by atoms with Gasteiger partial charge in [0, 0.05) is 32.2 Å². The van der Waals surface area contributed by atoms with Gasteiger partial charge in [0.05, 0.1) is 4.90 Å². The first kappa shape index (κ1) is 27.4. The SMILES string of the molecule is C=CC(=O)NC1C(C)(C)CN(S(=O)(=O)c2ccc(CN(Cc3ccccc3)C(=O)O)cc2)CC1(C)C. The Morgan fingerprint density at radius 2 is 1.50 bits per heavy atom. The van der Waals surface area contributed by atoms with Crippen molar-refractivity contribution < 1.29 is 23.1 Å². The lowest BCUT2D eigenvalue weighted by Crippen LogP contribution is -2.64. The molecule has 2 amide bonds. The van der Waals surface area contributed by atoms with E-state index < -0.39 is 26.9 Å². The van der Waals surface area contributed by atoms with Gasteiger partial charge < -0.3 is 10.4 Å². The normalized spacial score (nSPS) is 17.8. The van der Waals surface area contributed by atoms with Crippen LogP contribution in [0.5, 0.6) is 0 Å². The molecule has 2 aromatic rings. The van der Waals surface area contributed by atoms with Crippen LogP contribution in [0.1, 0.15) is 38.8 Å². The summed E-state index contributed by atoms with van der Waals surface area (Å²) in [7, 11) is -3.80. The van der Waals surface area contributed by atoms with Crippen molar-refractivity contribution in [2.75, 3.05) is 13.1 Å². The van der Waals surface area contributed by atoms with Gasteiger partial charge in [-0.2, -0.15) is 4.31 Å². The van der Waals surface area contributed by atoms with Gasteiger partial charge in [-0.25, -0.2) is 13.2 Å². The first-order chi connectivity index (χ1) is 16.8. The minimum Gasteiger partial charge on any atom is -0.465 e. The molecule has 0 bridgehead atoms. The third-order valence-corrected chi connectivity index (χ3v) is 8.43. The van der Waals surface area contributed by atoms with Crippen LogP contribution in [0.4, 0.5) is 4.79 Å². The van der Waals surface area contributed by atoms with E-state index in [0.717, 1.165) is 5.56 Å². The van der Waals surface area contributed by atoms with Gasteiger partial charge in [-0.05, 0) is 40.2 Å². The molecule has 36 heavy (non-hydrogen) atoms. The number of piperidine rings is 1. The Morgan fingerprint density at radius 3 is 1.97 bits per heavy atom. The van der Waals surface area contributed by atoms with E-state index in [9.17, 15) is 23.1 Å². The number of carbonyl (C=O) groups is 2. The topological polar surface area (TPSA) is 107 Å². The molecule has 1 fully saturated rings. The zero-order chi connectivity index (χ0) is 26.7. The summed E-state index contributed by atoms with van der Waals surface area (Å²) in [6.07, 6.45) is 0.175. The second kappa shape index (κ2) is 10.4. The summed E-state index contributed by atoms with van der Waals surface area (Å²) in [4.78, 5) is 25.2. The van der Waals surface area contributed by atoms with Crippen molar-refractivity contribution >= 4 is 22.0 Å². The number of hydrogen-bond acceptors (Lipinski definition) is 4. The fourth-order valence-electron chi connectivity index (χ4n) is 5.10. The average molecular weight is 514 g/mol. The van der Waals surface area contributed by atoms with E-state index in [1.807, 2.05) is 58.0 Å². The van der Waals surface area contributed by atoms with E-state index in [-0.39, 0.29) is 43.0 Å². The number of nitrogens with zero attached hydrogens (tertiary/aromatic N) is 2. The summed E-state index contributed by atoms with van der Waals surface area (Å²) in [5, 5.41) is 12.6. The molecule has 2 N–H and O–H groups in total. The standard InChI is InChI=1S/C27H35N3O5S/c1-6-23(31)28-24-26(2,3)18-30(19-27(24,4)5)36(34,35)22-14-12-21(13-15-22)17-29(25(32)33)16-20-10-8-7-9-11-20/h6-15,24H,1,16-19H2,2-5H3,(H,28,31)(H,32,33). The molecule has 1 saturated heterocycles. The van der Waals surface area contributed by atoms with Gasteiger partial charge in [0.15, 0.2) is 0 Å². The quantitative estimate of drug-likeness (QED) is 0.517. The number of benzene rings is 2. The van der Waals surface area contributed by atoms with Gasteiger partial charge in [-0.15, -0.1) is 0 Å². The molecule has 1 aliphatic heterocycles. The number of carbonyl (C=O) groups excluding carboxylic acids is 1. The summed E-state index contributed by atoms with van der Waals surface area (Å²) < 4.78 is 28.6. The second-order valence-electron chi connectivity index (χ2n) is 10.7. The number of amides is 2. The summed E-state index contributed by atoms with van der Waals surface area (Å²) >= 11 is 0. The van der Waals surface area contributed by atoms with Crippen molar-refractivity contribution in [3.05, 3.63) is 78.4 Å². The van der Waals surface area contributed by atoms with Gasteiger partial charge in [-0.3, -0.25) is 9.69 Å². The molecule has 0 radical (unpaired) electrons. The van der Waals surface area contributed by atoms with E-state index >= 15 is 0 Å². The Labute approximate surface area is 213 Å². The molecule has 0 aliphatic carbocycles. The first-order valence-electron chi connectivity index (χ1n) is 11.8. The maximum Gasteiger partial charge on any atom is 0.407 e. The maximum atomic E-state index is 13.5. The molecule has 194 valence electrons. The molecule has 9 heteroatoms. The molecule has 0 spiro atoms. The molecule has 1 aliphatic rings. The van der Waals surface area contributed by atoms with Gasteiger partial charge in [-0.1, -0.05) is 76.7 Å². The van der Waals surface area contributed by atoms with Gasteiger partial charge in [0.25, 0.3) is 0 Å². The fourth-order valence-corrected chi connectivity index (χ4v) is 6.88. The van der Waals surface area contributed by atoms with E-state index in [4.69, 9.17) is 0 Å². The largest absolute Gasteiger partial charge is 0.465 e. The molecular weight excluding hydrogens is 478 g/mol. The van der Waals surface area contributed by atoms with Crippen molar-refractivity contribution in [2.24, 2.45) is 10.8 Å². The lowest BCUT2D eigenvalue weighted by Gasteiger charge is -2.52. The van der Waals surface area contributed by atoms with E-state index in [0.29, 0.717) is 5.56 Å². The van der Waals surface area contributed by atoms with Crippen molar-refractivity contribution in [3.63, 3.8) is 0 Å². The number of hydrogen-bond donors (Lipinski definition) is 2. The van der Waals surface area contributed by atoms with Crippen molar-refractivity contribution in [3.8, 4) is 0 Å². The monoisotopic (exact) mass is 513 g/mol. The number of sulfonamides is 1. The highest BCUT2D eigenvalue weighted by molar-refractivity contribution is 7.89. The van der Waals surface area contributed by atoms with Crippen molar-refractivity contribution in [1.82, 2.24) is 14.5 Å². The number of rotatable bonds is 8. The predicted octanol–water partition coefficient (Wildman–Crippen LogP) is 4.09. The van der Waals surface area contributed by atoms with Gasteiger partial charge >= 0.3 is 6.09 Å². The molecule has 0 atom stereocenters. The number of nitrogens with one attached hydrogen (secondary N) is 1. The summed E-state index contributed by atoms with van der Waals surface area (Å²) in [5.74, 6) is -0.282. The summed E-state index contributed by atoms with van der Waals surface area (Å²) in [6, 6.07) is 15.4. The number of carboxylic acid groups (broad SMARTS) is 1. The highest BCUT2D eigenvalue weighted by Crippen LogP contribution is 2.42. The maximum absolute atomic E-state index is 13.5. The lowest BCUT2D eigenvalue weighted by atomic mass is 9.67. The second-order valence-corrected chi connectivity index (χ2v) is 12.6. The van der Waals surface area contributed by atoms with Crippen molar-refractivity contribution in [1.29, 1.82) is 0 Å². The Kier molecular flexibility index (Phi) is 7.95. The van der Waals surface area contributed by atoms with Gasteiger partial charge in [0.1, 0.15) is 0 Å². The molecule has 0 saturated carbocycles. The zero-order valence-electron chi connectivity index (χ0n) is 21.3. The summed E-state index contributed by atoms with van der Waals surface area (Å²) in [5.41, 5.74) is 0.524. The van der Waals surface area contributed by atoms with Crippen LogP contribution in [0.15, 0.2) is 72.1 Å². The molecule has 1 heterocycles. The van der Waals surface area contributed by atoms with Crippen LogP contribution in [0.3, 0.4) is 0 Å². The van der Waals surface area contributed by atoms with Crippen LogP contribution in [-0.4, -0.2) is 53.9 Å². The van der Waals surface area contributed by atoms with Gasteiger partial charge in [0.2, 0.25) is 15.9 Å². The van der Waals surface area contributed by atoms with Crippen molar-refractivity contribution in [2.45, 2.75) is 51.7 Å². The molecular formula is C27H35N3O5S. The molecule has 8 nitrogen and oxygen atoms in total. The Hall–Kier alpha value is -3.17. The average Bonchev–Trinajstić information content (AvgIpc) is 2.81. The molecule has 0 unspecified atom stereocenters. The van der Waals surface area contributed by atoms with Crippen LogP contribution >= 0.6 is 0 Å². The smallest absolute Gasteiger partial charge is 0.407 e. The van der Waals surface area contributed by atoms with Crippen LogP contribution < -0.4 is 5.32 Å². The Balaban J connectivity index is 1.78. The Bertz CT molecular complexity index is 1190. The first-order valence-corrected chi connectivity index (χ1v) is 13.2. The third-order valence-electron chi connectivity index (χ3n) is 6.62. The third kappa shape index (κ3) is 6.14. The highest BCUT2D eigenvalue weighted by atomic mass is 32.2. The fraction of sp³-hybridized carbons (Fsp3) is 0.407. The van der Waals surface area contributed by atoms with E-state index in [1.54, 1.807) is 12.1 Å².